The van der Waals surface area contributed by atoms with Gasteiger partial charge in [-0.2, -0.15) is 0 Å². The molecule has 404 valence electrons. The molecule has 6 N–H and O–H groups in total. The molecule has 0 aliphatic heterocycles. The summed E-state index contributed by atoms with van der Waals surface area (Å²) in [6, 6.07) is 0. The molecule has 0 amide bonds. The van der Waals surface area contributed by atoms with Crippen LogP contribution in [0.4, 0.5) is 0 Å². The fraction of sp³-hybridized carbons (Fsp3) is 0.750. The second kappa shape index (κ2) is 44.9. The molecule has 6 unspecified atom stereocenters. The number of carbonyl (C=O) groups is 2. The van der Waals surface area contributed by atoms with Crippen LogP contribution in [0.25, 0.3) is 0 Å². The molecule has 8 atom stereocenters. The third-order valence-electron chi connectivity index (χ3n) is 12.3. The average molecular weight is 1010 g/mol. The molecule has 0 heterocycles. The van der Waals surface area contributed by atoms with E-state index in [0.29, 0.717) is 19.3 Å². The van der Waals surface area contributed by atoms with Gasteiger partial charge in [-0.15, -0.1) is 0 Å². The largest absolute Gasteiger partial charge is 0.472 e. The van der Waals surface area contributed by atoms with Crippen molar-refractivity contribution in [2.45, 2.75) is 256 Å². The number of carbonyl (C=O) groups excluding carboxylic acids is 2. The first-order valence-electron chi connectivity index (χ1n) is 27.2. The normalized spacial score (nSPS) is 21.3. The highest BCUT2D eigenvalue weighted by Crippen LogP contribution is 2.47. The lowest BCUT2D eigenvalue weighted by molar-refractivity contribution is -0.220. The molecular weight excluding hydrogens is 912 g/mol. The minimum Gasteiger partial charge on any atom is -0.462 e. The Morgan fingerprint density at radius 3 is 1.21 bits per heavy atom. The highest BCUT2D eigenvalue weighted by atomic mass is 31.2. The van der Waals surface area contributed by atoms with E-state index in [1.165, 1.54) is 109 Å². The maximum Gasteiger partial charge on any atom is 0.472 e. The van der Waals surface area contributed by atoms with Crippen LogP contribution in [0.1, 0.15) is 213 Å². The Morgan fingerprint density at radius 2 is 0.814 bits per heavy atom. The van der Waals surface area contributed by atoms with Gasteiger partial charge >= 0.3 is 19.8 Å². The topological polar surface area (TPSA) is 210 Å². The molecule has 1 saturated carbocycles. The van der Waals surface area contributed by atoms with E-state index in [1.54, 1.807) is 0 Å². The molecule has 1 aliphatic rings. The van der Waals surface area contributed by atoms with Crippen LogP contribution in [0.5, 0.6) is 0 Å². The quantitative estimate of drug-likeness (QED) is 0.0145. The molecule has 0 aromatic carbocycles. The summed E-state index contributed by atoms with van der Waals surface area (Å²) in [5.41, 5.74) is 0. The molecule has 1 fully saturated rings. The van der Waals surface area contributed by atoms with E-state index in [2.05, 4.69) is 68.5 Å². The van der Waals surface area contributed by atoms with Crippen LogP contribution in [-0.4, -0.2) is 98.3 Å². The zero-order chi connectivity index (χ0) is 51.3. The van der Waals surface area contributed by atoms with Crippen LogP contribution in [0.15, 0.2) is 72.9 Å². The summed E-state index contributed by atoms with van der Waals surface area (Å²) < 4.78 is 33.6. The van der Waals surface area contributed by atoms with Crippen LogP contribution in [0.3, 0.4) is 0 Å². The number of phosphoric acid groups is 1. The second-order valence-corrected chi connectivity index (χ2v) is 20.1. The van der Waals surface area contributed by atoms with Gasteiger partial charge in [0.2, 0.25) is 0 Å². The number of ether oxygens (including phenoxy) is 2. The second-order valence-electron chi connectivity index (χ2n) is 18.7. The third kappa shape index (κ3) is 36.2. The van der Waals surface area contributed by atoms with Gasteiger partial charge < -0.3 is 39.9 Å². The minimum atomic E-state index is -5.14. The van der Waals surface area contributed by atoms with E-state index in [1.807, 2.05) is 18.2 Å². The number of allylic oxidation sites excluding steroid dienone is 12. The van der Waals surface area contributed by atoms with Gasteiger partial charge in [0.1, 0.15) is 43.2 Å². The Bertz CT molecular complexity index is 1490. The van der Waals surface area contributed by atoms with E-state index >= 15 is 0 Å². The number of aliphatic hydroxyl groups excluding tert-OH is 5. The monoisotopic (exact) mass is 1010 g/mol. The standard InChI is InChI=1S/C56H97O13P/c1-3-5-7-9-11-13-15-17-19-21-23-24-25-27-29-31-33-35-37-39-41-43-45-50(58)68-48(47-67-70(64,65)69-56-54(62)52(60)51(59)53(61)55(56)63)46-66-49(57)44-42-40-38-36-34-32-30-28-26-22-20-18-16-14-12-10-8-6-4-2/h6,8,12,14,18,20,26,28,32,34,38,40,48,51-56,59-63H,3-5,7,9-11,13,15-17,19,21-25,27,29-31,33,35-37,39,41-47H2,1-2H3,(H,64,65)/b8-6+,14-12+,20-18+,28-26+,34-32+,40-38+/t48-,51?,52-,53?,54?,55?,56?/m1/s1. The van der Waals surface area contributed by atoms with Gasteiger partial charge in [0, 0.05) is 12.8 Å². The molecule has 0 saturated heterocycles. The van der Waals surface area contributed by atoms with Crippen LogP contribution in [0.2, 0.25) is 0 Å². The van der Waals surface area contributed by atoms with Gasteiger partial charge in [0.05, 0.1) is 6.61 Å². The number of hydrogen-bond acceptors (Lipinski definition) is 12. The molecule has 0 radical (unpaired) electrons. The lowest BCUT2D eigenvalue weighted by atomic mass is 9.85. The molecule has 0 bridgehead atoms. The zero-order valence-corrected chi connectivity index (χ0v) is 44.2. The Balaban J connectivity index is 2.41. The van der Waals surface area contributed by atoms with Crippen molar-refractivity contribution in [2.75, 3.05) is 13.2 Å². The van der Waals surface area contributed by atoms with Gasteiger partial charge in [-0.05, 0) is 51.4 Å². The summed E-state index contributed by atoms with van der Waals surface area (Å²) in [6.45, 7) is 3.16. The predicted molar refractivity (Wildman–Crippen MR) is 281 cm³/mol. The number of rotatable bonds is 45. The van der Waals surface area contributed by atoms with Crippen molar-refractivity contribution in [1.82, 2.24) is 0 Å². The highest BCUT2D eigenvalue weighted by molar-refractivity contribution is 7.47. The van der Waals surface area contributed by atoms with E-state index in [9.17, 15) is 44.6 Å². The molecule has 1 aliphatic carbocycles. The van der Waals surface area contributed by atoms with Gasteiger partial charge in [-0.3, -0.25) is 18.6 Å². The summed E-state index contributed by atoms with van der Waals surface area (Å²) in [5, 5.41) is 50.3. The molecule has 14 heteroatoms. The van der Waals surface area contributed by atoms with Crippen molar-refractivity contribution in [1.29, 1.82) is 0 Å². The van der Waals surface area contributed by atoms with E-state index < -0.39 is 75.7 Å². The number of hydrogen-bond donors (Lipinski definition) is 6. The Morgan fingerprint density at radius 1 is 0.457 bits per heavy atom. The van der Waals surface area contributed by atoms with Crippen molar-refractivity contribution in [2.24, 2.45) is 0 Å². The molecule has 0 aromatic heterocycles. The van der Waals surface area contributed by atoms with Gasteiger partial charge in [0.25, 0.3) is 0 Å². The minimum absolute atomic E-state index is 0.0404. The van der Waals surface area contributed by atoms with Crippen LogP contribution < -0.4 is 0 Å². The van der Waals surface area contributed by atoms with Crippen LogP contribution in [-0.2, 0) is 32.7 Å². The van der Waals surface area contributed by atoms with Crippen molar-refractivity contribution in [3.63, 3.8) is 0 Å². The first-order chi connectivity index (χ1) is 33.9. The van der Waals surface area contributed by atoms with Gasteiger partial charge in [-0.25, -0.2) is 4.57 Å². The third-order valence-corrected chi connectivity index (χ3v) is 13.3. The summed E-state index contributed by atoms with van der Waals surface area (Å²) in [7, 11) is -5.14. The fourth-order valence-electron chi connectivity index (χ4n) is 8.02. The molecule has 70 heavy (non-hydrogen) atoms. The first kappa shape index (κ1) is 65.3. The average Bonchev–Trinajstić information content (AvgIpc) is 3.34. The maximum atomic E-state index is 12.9. The maximum absolute atomic E-state index is 12.9. The molecule has 13 nitrogen and oxygen atoms in total. The number of phosphoric ester groups is 1. The smallest absolute Gasteiger partial charge is 0.462 e. The lowest BCUT2D eigenvalue weighted by Crippen LogP contribution is -2.64. The summed E-state index contributed by atoms with van der Waals surface area (Å²) >= 11 is 0. The Hall–Kier alpha value is -2.71. The van der Waals surface area contributed by atoms with Crippen molar-refractivity contribution >= 4 is 19.8 Å². The number of unbranched alkanes of at least 4 members (excludes halogenated alkanes) is 21. The van der Waals surface area contributed by atoms with Crippen molar-refractivity contribution in [3.05, 3.63) is 72.9 Å². The summed E-state index contributed by atoms with van der Waals surface area (Å²) in [5.74, 6) is -1.19. The van der Waals surface area contributed by atoms with Crippen molar-refractivity contribution < 1.29 is 63.1 Å². The fourth-order valence-corrected chi connectivity index (χ4v) is 8.99. The molecule has 0 aromatic rings. The Labute approximate surface area is 423 Å². The lowest BCUT2D eigenvalue weighted by Gasteiger charge is -2.41. The van der Waals surface area contributed by atoms with Crippen LogP contribution >= 0.6 is 7.82 Å². The van der Waals surface area contributed by atoms with Gasteiger partial charge in [0.15, 0.2) is 6.10 Å². The molecular formula is C56H97O13P. The van der Waals surface area contributed by atoms with E-state index in [-0.39, 0.29) is 12.8 Å². The predicted octanol–water partition coefficient (Wildman–Crippen LogP) is 12.2. The summed E-state index contributed by atoms with van der Waals surface area (Å²) in [4.78, 5) is 35.9. The molecule has 1 rings (SSSR count). The SMILES string of the molecule is CC/C=C/C/C=C/C/C=C/C/C=C/C/C=C/C/C=C/CCC(=O)OC[C@H](COP(=O)(O)OC1C(O)C(O)C(O)[C@@H](O)C1O)OC(=O)CCCCCCCCCCCCCCCCCCCCCCCC. The van der Waals surface area contributed by atoms with Gasteiger partial charge in [-0.1, -0.05) is 222 Å². The zero-order valence-electron chi connectivity index (χ0n) is 43.3. The molecule has 0 spiro atoms. The number of esters is 2. The highest BCUT2D eigenvalue weighted by Gasteiger charge is 2.51. The number of aliphatic hydroxyl groups is 5. The van der Waals surface area contributed by atoms with E-state index in [4.69, 9.17) is 18.5 Å². The Kier molecular flexibility index (Phi) is 41.9. The van der Waals surface area contributed by atoms with E-state index in [0.717, 1.165) is 57.8 Å². The van der Waals surface area contributed by atoms with Crippen LogP contribution in [0, 0.1) is 0 Å². The first-order valence-corrected chi connectivity index (χ1v) is 28.7. The summed E-state index contributed by atoms with van der Waals surface area (Å²) in [6.07, 6.45) is 45.4. The van der Waals surface area contributed by atoms with Crippen molar-refractivity contribution in [3.8, 4) is 0 Å².